The maximum absolute atomic E-state index is 13.4. The molecule has 0 atom stereocenters. The number of halogens is 1. The summed E-state index contributed by atoms with van der Waals surface area (Å²) >= 11 is 1.57. The third-order valence-electron chi connectivity index (χ3n) is 4.84. The Hall–Kier alpha value is -2.25. The third-order valence-corrected chi connectivity index (χ3v) is 8.00. The lowest BCUT2D eigenvalue weighted by atomic mass is 10.1. The molecule has 0 radical (unpaired) electrons. The first-order chi connectivity index (χ1) is 13.0. The Morgan fingerprint density at radius 2 is 1.78 bits per heavy atom. The first-order valence-electron chi connectivity index (χ1n) is 8.79. The highest BCUT2D eigenvalue weighted by Crippen LogP contribution is 2.31. The quantitative estimate of drug-likeness (QED) is 0.649. The van der Waals surface area contributed by atoms with Crippen LogP contribution in [0, 0.1) is 5.82 Å². The van der Waals surface area contributed by atoms with Crippen molar-refractivity contribution in [3.8, 4) is 11.3 Å². The number of nitrogens with zero attached hydrogens (tertiary/aromatic N) is 2. The fourth-order valence-corrected chi connectivity index (χ4v) is 5.99. The van der Waals surface area contributed by atoms with Gasteiger partial charge in [-0.1, -0.05) is 36.4 Å². The average molecular weight is 403 g/mol. The van der Waals surface area contributed by atoms with E-state index < -0.39 is 20.9 Å². The number of hydrogen-bond donors (Lipinski definition) is 0. The van der Waals surface area contributed by atoms with Gasteiger partial charge in [0.1, 0.15) is 5.82 Å². The van der Waals surface area contributed by atoms with Crippen LogP contribution < -0.4 is 4.90 Å². The van der Waals surface area contributed by atoms with Crippen LogP contribution in [0.2, 0.25) is 0 Å². The molecule has 0 spiro atoms. The van der Waals surface area contributed by atoms with E-state index in [4.69, 9.17) is 4.98 Å². The molecule has 4 rings (SSSR count). The Morgan fingerprint density at radius 1 is 1.04 bits per heavy atom. The van der Waals surface area contributed by atoms with Gasteiger partial charge in [0.15, 0.2) is 15.0 Å². The standard InChI is InChI=1S/C20H19FN2O2S2/c21-16-7-4-8-18(13-16)27(24,25)17-9-11-23(12-10-17)20-22-19(14-26-20)15-5-2-1-3-6-15/h1-8,13-14,17H,9-12H2. The van der Waals surface area contributed by atoms with Gasteiger partial charge in [0.2, 0.25) is 0 Å². The highest BCUT2D eigenvalue weighted by atomic mass is 32.2. The van der Waals surface area contributed by atoms with Crippen LogP contribution in [0.15, 0.2) is 64.9 Å². The molecule has 0 N–H and O–H groups in total. The molecule has 140 valence electrons. The van der Waals surface area contributed by atoms with Crippen molar-refractivity contribution in [2.45, 2.75) is 23.0 Å². The van der Waals surface area contributed by atoms with E-state index in [9.17, 15) is 12.8 Å². The van der Waals surface area contributed by atoms with E-state index in [1.54, 1.807) is 11.3 Å². The SMILES string of the molecule is O=S(=O)(c1cccc(F)c1)C1CCN(c2nc(-c3ccccc3)cs2)CC1. The van der Waals surface area contributed by atoms with E-state index in [1.807, 2.05) is 35.7 Å². The fourth-order valence-electron chi connectivity index (χ4n) is 3.34. The molecule has 0 amide bonds. The molecule has 0 unspecified atom stereocenters. The van der Waals surface area contributed by atoms with E-state index in [0.717, 1.165) is 22.5 Å². The second-order valence-electron chi connectivity index (χ2n) is 6.57. The van der Waals surface area contributed by atoms with Crippen LogP contribution in [0.4, 0.5) is 9.52 Å². The maximum atomic E-state index is 13.4. The van der Waals surface area contributed by atoms with Gasteiger partial charge in [0.05, 0.1) is 15.8 Å². The van der Waals surface area contributed by atoms with E-state index >= 15 is 0 Å². The molecule has 0 saturated carbocycles. The molecule has 1 aliphatic rings. The smallest absolute Gasteiger partial charge is 0.185 e. The Morgan fingerprint density at radius 3 is 2.48 bits per heavy atom. The summed E-state index contributed by atoms with van der Waals surface area (Å²) in [5.41, 5.74) is 2.01. The number of hydrogen-bond acceptors (Lipinski definition) is 5. The van der Waals surface area contributed by atoms with Gasteiger partial charge < -0.3 is 4.90 Å². The molecule has 1 fully saturated rings. The summed E-state index contributed by atoms with van der Waals surface area (Å²) in [6.45, 7) is 1.25. The predicted molar refractivity (Wildman–Crippen MR) is 106 cm³/mol. The van der Waals surface area contributed by atoms with Crippen LogP contribution in [-0.2, 0) is 9.84 Å². The van der Waals surface area contributed by atoms with Crippen LogP contribution in [0.1, 0.15) is 12.8 Å². The van der Waals surface area contributed by atoms with Crippen LogP contribution >= 0.6 is 11.3 Å². The van der Waals surface area contributed by atoms with Gasteiger partial charge in [-0.3, -0.25) is 0 Å². The van der Waals surface area contributed by atoms with Gasteiger partial charge in [0.25, 0.3) is 0 Å². The lowest BCUT2D eigenvalue weighted by molar-refractivity contribution is 0.528. The van der Waals surface area contributed by atoms with Crippen molar-refractivity contribution in [2.75, 3.05) is 18.0 Å². The zero-order chi connectivity index (χ0) is 18.9. The van der Waals surface area contributed by atoms with Crippen molar-refractivity contribution in [3.05, 3.63) is 65.8 Å². The fraction of sp³-hybridized carbons (Fsp3) is 0.250. The highest BCUT2D eigenvalue weighted by Gasteiger charge is 2.32. The van der Waals surface area contributed by atoms with Gasteiger partial charge in [-0.05, 0) is 31.0 Å². The second-order valence-corrected chi connectivity index (χ2v) is 9.63. The van der Waals surface area contributed by atoms with Crippen molar-refractivity contribution in [1.82, 2.24) is 4.98 Å². The largest absolute Gasteiger partial charge is 0.348 e. The number of aromatic nitrogens is 1. The molecule has 2 aromatic carbocycles. The summed E-state index contributed by atoms with van der Waals surface area (Å²) in [7, 11) is -3.51. The summed E-state index contributed by atoms with van der Waals surface area (Å²) < 4.78 is 39.0. The number of piperidine rings is 1. The molecule has 4 nitrogen and oxygen atoms in total. The number of sulfone groups is 1. The molecule has 3 aromatic rings. The van der Waals surface area contributed by atoms with E-state index in [-0.39, 0.29) is 4.90 Å². The van der Waals surface area contributed by atoms with Crippen LogP contribution in [0.5, 0.6) is 0 Å². The van der Waals surface area contributed by atoms with Crippen molar-refractivity contribution in [3.63, 3.8) is 0 Å². The van der Waals surface area contributed by atoms with E-state index in [0.29, 0.717) is 25.9 Å². The summed E-state index contributed by atoms with van der Waals surface area (Å²) in [6.07, 6.45) is 1.03. The van der Waals surface area contributed by atoms with Crippen LogP contribution in [0.3, 0.4) is 0 Å². The Balaban J connectivity index is 1.46. The average Bonchev–Trinajstić information content (AvgIpc) is 3.19. The lowest BCUT2D eigenvalue weighted by Crippen LogP contribution is -2.39. The number of anilines is 1. The van der Waals surface area contributed by atoms with Crippen LogP contribution in [-0.4, -0.2) is 31.7 Å². The highest BCUT2D eigenvalue weighted by molar-refractivity contribution is 7.92. The minimum atomic E-state index is -3.51. The maximum Gasteiger partial charge on any atom is 0.185 e. The van der Waals surface area contributed by atoms with E-state index in [2.05, 4.69) is 4.90 Å². The molecule has 1 aliphatic heterocycles. The Labute approximate surface area is 162 Å². The van der Waals surface area contributed by atoms with Crippen molar-refractivity contribution < 1.29 is 12.8 Å². The summed E-state index contributed by atoms with van der Waals surface area (Å²) in [5.74, 6) is -0.523. The predicted octanol–water partition coefficient (Wildman–Crippen LogP) is 4.39. The minimum Gasteiger partial charge on any atom is -0.348 e. The van der Waals surface area contributed by atoms with Gasteiger partial charge >= 0.3 is 0 Å². The molecular formula is C20H19FN2O2S2. The first kappa shape index (κ1) is 18.1. The Bertz CT molecular complexity index is 1030. The second kappa shape index (κ2) is 7.40. The van der Waals surface area contributed by atoms with Crippen LogP contribution in [0.25, 0.3) is 11.3 Å². The normalized spacial score (nSPS) is 15.8. The zero-order valence-corrected chi connectivity index (χ0v) is 16.2. The molecule has 2 heterocycles. The number of thiazole rings is 1. The molecule has 27 heavy (non-hydrogen) atoms. The molecule has 0 aliphatic carbocycles. The third kappa shape index (κ3) is 3.75. The molecule has 1 saturated heterocycles. The minimum absolute atomic E-state index is 0.0709. The van der Waals surface area contributed by atoms with Gasteiger partial charge in [0, 0.05) is 24.0 Å². The van der Waals surface area contributed by atoms with E-state index in [1.165, 1.54) is 18.2 Å². The Kier molecular flexibility index (Phi) is 4.97. The van der Waals surface area contributed by atoms with Gasteiger partial charge in [-0.15, -0.1) is 11.3 Å². The van der Waals surface area contributed by atoms with Crippen molar-refractivity contribution in [1.29, 1.82) is 0 Å². The van der Waals surface area contributed by atoms with Gasteiger partial charge in [-0.2, -0.15) is 0 Å². The molecular weight excluding hydrogens is 383 g/mol. The molecule has 1 aromatic heterocycles. The molecule has 0 bridgehead atoms. The zero-order valence-electron chi connectivity index (χ0n) is 14.6. The monoisotopic (exact) mass is 402 g/mol. The topological polar surface area (TPSA) is 50.3 Å². The summed E-state index contributed by atoms with van der Waals surface area (Å²) in [6, 6.07) is 15.3. The molecule has 7 heteroatoms. The van der Waals surface area contributed by atoms with Crippen molar-refractivity contribution >= 4 is 26.3 Å². The lowest BCUT2D eigenvalue weighted by Gasteiger charge is -2.31. The van der Waals surface area contributed by atoms with Crippen molar-refractivity contribution in [2.24, 2.45) is 0 Å². The number of rotatable bonds is 4. The summed E-state index contributed by atoms with van der Waals surface area (Å²) in [4.78, 5) is 6.91. The van der Waals surface area contributed by atoms with Gasteiger partial charge in [-0.25, -0.2) is 17.8 Å². The first-order valence-corrected chi connectivity index (χ1v) is 11.2. The summed E-state index contributed by atoms with van der Waals surface area (Å²) in [5, 5.41) is 2.46. The number of benzene rings is 2.